The molecule has 0 unspecified atom stereocenters. The second-order valence-corrected chi connectivity index (χ2v) is 7.18. The number of hydrogen-bond acceptors (Lipinski definition) is 6. The lowest BCUT2D eigenvalue weighted by Crippen LogP contribution is -2.22. The molecule has 2 heterocycles. The molecule has 0 saturated carbocycles. The predicted molar refractivity (Wildman–Crippen MR) is 110 cm³/mol. The van der Waals surface area contributed by atoms with Crippen LogP contribution < -0.4 is 20.1 Å². The van der Waals surface area contributed by atoms with E-state index in [1.165, 1.54) is 19.6 Å². The van der Waals surface area contributed by atoms with Crippen molar-refractivity contribution in [3.05, 3.63) is 65.6 Å². The van der Waals surface area contributed by atoms with Crippen LogP contribution in [0.4, 0.5) is 23.2 Å². The maximum absolute atomic E-state index is 15.2. The smallest absolute Gasteiger partial charge is 0.258 e. The molecule has 33 heavy (non-hydrogen) atoms. The topological polar surface area (TPSA) is 85.4 Å². The van der Waals surface area contributed by atoms with Gasteiger partial charge in [0.25, 0.3) is 5.91 Å². The van der Waals surface area contributed by atoms with E-state index in [4.69, 9.17) is 9.47 Å². The summed E-state index contributed by atoms with van der Waals surface area (Å²) in [4.78, 5) is 20.6. The maximum atomic E-state index is 15.2. The van der Waals surface area contributed by atoms with Gasteiger partial charge in [-0.05, 0) is 25.1 Å². The summed E-state index contributed by atoms with van der Waals surface area (Å²) in [6.07, 6.45) is 3.03. The normalized spacial score (nSPS) is 15.4. The minimum absolute atomic E-state index is 0.0569. The second kappa shape index (κ2) is 9.41. The zero-order valence-corrected chi connectivity index (χ0v) is 17.3. The Hall–Kier alpha value is -3.73. The van der Waals surface area contributed by atoms with Gasteiger partial charge in [-0.1, -0.05) is 0 Å². The predicted octanol–water partition coefficient (Wildman–Crippen LogP) is 3.70. The molecule has 0 aliphatic carbocycles. The molecule has 0 spiro atoms. The third-order valence-electron chi connectivity index (χ3n) is 5.05. The standard InChI is InChI=1S/C22H18F4N4O3/c1-32-12-6-15(24)18(16(25)7-12)19-14(23)3-2-13(20(19)26)21(31)30-17-9-28-10-29-22(17)33-11-4-5-27-8-11/h2-3,6-7,9-11,27H,4-5,8H2,1H3,(H,30,31)/t11-/m0/s1. The Morgan fingerprint density at radius 3 is 2.55 bits per heavy atom. The van der Waals surface area contributed by atoms with Gasteiger partial charge in [-0.15, -0.1) is 0 Å². The first-order valence-corrected chi connectivity index (χ1v) is 9.89. The molecular weight excluding hydrogens is 444 g/mol. The number of amides is 1. The van der Waals surface area contributed by atoms with Crippen molar-refractivity contribution in [1.82, 2.24) is 15.3 Å². The van der Waals surface area contributed by atoms with Crippen molar-refractivity contribution in [3.8, 4) is 22.8 Å². The van der Waals surface area contributed by atoms with Gasteiger partial charge in [-0.25, -0.2) is 22.5 Å². The Kier molecular flexibility index (Phi) is 6.40. The molecular formula is C22H18F4N4O3. The van der Waals surface area contributed by atoms with Gasteiger partial charge in [0.1, 0.15) is 47.1 Å². The third kappa shape index (κ3) is 4.58. The van der Waals surface area contributed by atoms with E-state index in [2.05, 4.69) is 20.6 Å². The van der Waals surface area contributed by atoms with Crippen LogP contribution in [0.3, 0.4) is 0 Å². The molecule has 7 nitrogen and oxygen atoms in total. The van der Waals surface area contributed by atoms with Gasteiger partial charge in [0.15, 0.2) is 0 Å². The zero-order valence-electron chi connectivity index (χ0n) is 17.3. The summed E-state index contributed by atoms with van der Waals surface area (Å²) in [6, 6.07) is 3.19. The molecule has 0 bridgehead atoms. The first kappa shape index (κ1) is 22.5. The van der Waals surface area contributed by atoms with Crippen LogP contribution in [0.15, 0.2) is 36.8 Å². The fraction of sp³-hybridized carbons (Fsp3) is 0.227. The summed E-state index contributed by atoms with van der Waals surface area (Å²) in [5, 5.41) is 5.53. The van der Waals surface area contributed by atoms with Gasteiger partial charge >= 0.3 is 0 Å². The molecule has 1 aliphatic rings. The molecule has 1 aliphatic heterocycles. The lowest BCUT2D eigenvalue weighted by Gasteiger charge is -2.16. The number of nitrogens with zero attached hydrogens (tertiary/aromatic N) is 2. The van der Waals surface area contributed by atoms with Gasteiger partial charge < -0.3 is 20.1 Å². The largest absolute Gasteiger partial charge is 0.497 e. The molecule has 1 amide bonds. The number of methoxy groups -OCH3 is 1. The number of hydrogen-bond donors (Lipinski definition) is 2. The summed E-state index contributed by atoms with van der Waals surface area (Å²) < 4.78 is 69.1. The summed E-state index contributed by atoms with van der Waals surface area (Å²) in [5.41, 5.74) is -2.56. The monoisotopic (exact) mass is 462 g/mol. The summed E-state index contributed by atoms with van der Waals surface area (Å²) >= 11 is 0. The van der Waals surface area contributed by atoms with E-state index < -0.39 is 45.9 Å². The average molecular weight is 462 g/mol. The Bertz CT molecular complexity index is 1180. The molecule has 4 rings (SSSR count). The van der Waals surface area contributed by atoms with Gasteiger partial charge in [0, 0.05) is 18.7 Å². The van der Waals surface area contributed by atoms with Crippen LogP contribution in [0, 0.1) is 23.3 Å². The quantitative estimate of drug-likeness (QED) is 0.544. The van der Waals surface area contributed by atoms with Crippen LogP contribution in [0.5, 0.6) is 11.6 Å². The lowest BCUT2D eigenvalue weighted by atomic mass is 9.99. The number of rotatable bonds is 6. The highest BCUT2D eigenvalue weighted by atomic mass is 19.1. The van der Waals surface area contributed by atoms with Crippen molar-refractivity contribution < 1.29 is 31.8 Å². The van der Waals surface area contributed by atoms with Gasteiger partial charge in [0.05, 0.1) is 30.0 Å². The van der Waals surface area contributed by atoms with Crippen molar-refractivity contribution in [2.24, 2.45) is 0 Å². The van der Waals surface area contributed by atoms with Crippen molar-refractivity contribution in [3.63, 3.8) is 0 Å². The minimum Gasteiger partial charge on any atom is -0.497 e. The van der Waals surface area contributed by atoms with Crippen LogP contribution in [0.1, 0.15) is 16.8 Å². The SMILES string of the molecule is COc1cc(F)c(-c2c(F)ccc(C(=O)Nc3cncnc3O[C@H]3CCNC3)c2F)c(F)c1. The van der Waals surface area contributed by atoms with E-state index in [1.54, 1.807) is 0 Å². The van der Waals surface area contributed by atoms with Gasteiger partial charge in [-0.3, -0.25) is 4.79 Å². The van der Waals surface area contributed by atoms with Crippen molar-refractivity contribution in [1.29, 1.82) is 0 Å². The first-order valence-electron chi connectivity index (χ1n) is 9.89. The van der Waals surface area contributed by atoms with E-state index >= 15 is 4.39 Å². The average Bonchev–Trinajstić information content (AvgIpc) is 3.29. The van der Waals surface area contributed by atoms with Gasteiger partial charge in [0.2, 0.25) is 5.88 Å². The molecule has 0 radical (unpaired) electrons. The van der Waals surface area contributed by atoms with E-state index in [0.29, 0.717) is 6.54 Å². The Balaban J connectivity index is 1.67. The highest BCUT2D eigenvalue weighted by Crippen LogP contribution is 2.35. The van der Waals surface area contributed by atoms with Crippen LogP contribution in [-0.2, 0) is 0 Å². The molecule has 1 fully saturated rings. The highest BCUT2D eigenvalue weighted by Gasteiger charge is 2.26. The van der Waals surface area contributed by atoms with E-state index in [0.717, 1.165) is 37.2 Å². The number of ether oxygens (including phenoxy) is 2. The fourth-order valence-electron chi connectivity index (χ4n) is 3.44. The number of nitrogens with one attached hydrogen (secondary N) is 2. The van der Waals surface area contributed by atoms with E-state index in [9.17, 15) is 18.0 Å². The van der Waals surface area contributed by atoms with Crippen LogP contribution in [0.2, 0.25) is 0 Å². The Morgan fingerprint density at radius 2 is 1.88 bits per heavy atom. The third-order valence-corrected chi connectivity index (χ3v) is 5.05. The molecule has 2 aromatic carbocycles. The van der Waals surface area contributed by atoms with Crippen LogP contribution in [0.25, 0.3) is 11.1 Å². The van der Waals surface area contributed by atoms with Crippen LogP contribution in [-0.4, -0.2) is 42.2 Å². The number of carbonyl (C=O) groups is 1. The summed E-state index contributed by atoms with van der Waals surface area (Å²) in [7, 11) is 1.19. The van der Waals surface area contributed by atoms with Gasteiger partial charge in [-0.2, -0.15) is 4.98 Å². The molecule has 1 aromatic heterocycles. The fourth-order valence-corrected chi connectivity index (χ4v) is 3.44. The molecule has 172 valence electrons. The number of benzene rings is 2. The molecule has 1 atom stereocenters. The Morgan fingerprint density at radius 1 is 1.12 bits per heavy atom. The minimum atomic E-state index is -1.44. The number of anilines is 1. The number of aromatic nitrogens is 2. The number of carbonyl (C=O) groups excluding carboxylic acids is 1. The molecule has 3 aromatic rings. The Labute approximate surface area is 185 Å². The molecule has 1 saturated heterocycles. The van der Waals surface area contributed by atoms with E-state index in [1.807, 2.05) is 0 Å². The second-order valence-electron chi connectivity index (χ2n) is 7.18. The van der Waals surface area contributed by atoms with E-state index in [-0.39, 0.29) is 23.4 Å². The zero-order chi connectivity index (χ0) is 23.5. The molecule has 2 N–H and O–H groups in total. The van der Waals surface area contributed by atoms with Crippen molar-refractivity contribution >= 4 is 11.6 Å². The van der Waals surface area contributed by atoms with Crippen LogP contribution >= 0.6 is 0 Å². The number of halogens is 4. The highest BCUT2D eigenvalue weighted by molar-refractivity contribution is 6.05. The molecule has 11 heteroatoms. The van der Waals surface area contributed by atoms with Crippen molar-refractivity contribution in [2.75, 3.05) is 25.5 Å². The summed E-state index contributed by atoms with van der Waals surface area (Å²) in [6.45, 7) is 1.35. The summed E-state index contributed by atoms with van der Waals surface area (Å²) in [5.74, 6) is -6.28. The lowest BCUT2D eigenvalue weighted by molar-refractivity contribution is 0.102. The maximum Gasteiger partial charge on any atom is 0.258 e. The first-order chi connectivity index (χ1) is 15.9. The van der Waals surface area contributed by atoms with Crippen molar-refractivity contribution in [2.45, 2.75) is 12.5 Å².